The fourth-order valence-corrected chi connectivity index (χ4v) is 8.42. The van der Waals surface area contributed by atoms with Crippen molar-refractivity contribution in [1.29, 1.82) is 0 Å². The topological polar surface area (TPSA) is 3.24 Å². The molecule has 0 radical (unpaired) electrons. The number of anilines is 3. The van der Waals surface area contributed by atoms with Gasteiger partial charge in [-0.3, -0.25) is 0 Å². The summed E-state index contributed by atoms with van der Waals surface area (Å²) >= 11 is 0. The maximum absolute atomic E-state index is 2.43. The van der Waals surface area contributed by atoms with Crippen LogP contribution in [0.3, 0.4) is 0 Å². The molecular weight excluding hydrogens is 603 g/mol. The number of fused-ring (bicyclic) bond motifs is 9. The minimum absolute atomic E-state index is 0.0420. The highest BCUT2D eigenvalue weighted by molar-refractivity contribution is 6.20. The number of hydrogen-bond acceptors (Lipinski definition) is 1. The largest absolute Gasteiger partial charge is 0.310 e. The van der Waals surface area contributed by atoms with Gasteiger partial charge in [-0.15, -0.1) is 0 Å². The minimum Gasteiger partial charge on any atom is -0.310 e. The first-order valence-corrected chi connectivity index (χ1v) is 17.5. The van der Waals surface area contributed by atoms with Crippen LogP contribution in [0.25, 0.3) is 65.3 Å². The van der Waals surface area contributed by atoms with Gasteiger partial charge >= 0.3 is 0 Å². The van der Waals surface area contributed by atoms with E-state index in [0.717, 1.165) is 17.1 Å². The van der Waals surface area contributed by atoms with Gasteiger partial charge in [0.1, 0.15) is 0 Å². The van der Waals surface area contributed by atoms with E-state index in [2.05, 4.69) is 195 Å². The number of benzene rings is 9. The van der Waals surface area contributed by atoms with Gasteiger partial charge in [-0.1, -0.05) is 147 Å². The second-order valence-corrected chi connectivity index (χ2v) is 14.2. The molecule has 1 nitrogen and oxygen atoms in total. The Hall–Kier alpha value is -6.18. The number of rotatable bonds is 4. The molecule has 236 valence electrons. The average molecular weight is 638 g/mol. The molecule has 1 heteroatoms. The Kier molecular flexibility index (Phi) is 6.29. The van der Waals surface area contributed by atoms with E-state index >= 15 is 0 Å². The lowest BCUT2D eigenvalue weighted by Crippen LogP contribution is -2.15. The molecule has 0 heterocycles. The molecule has 0 aromatic heterocycles. The quantitative estimate of drug-likeness (QED) is 0.174. The third-order valence-electron chi connectivity index (χ3n) is 11.0. The van der Waals surface area contributed by atoms with Crippen molar-refractivity contribution in [1.82, 2.24) is 0 Å². The zero-order valence-corrected chi connectivity index (χ0v) is 28.2. The molecule has 0 spiro atoms. The van der Waals surface area contributed by atoms with E-state index in [-0.39, 0.29) is 5.41 Å². The van der Waals surface area contributed by atoms with Crippen LogP contribution in [0.15, 0.2) is 176 Å². The van der Waals surface area contributed by atoms with E-state index in [1.54, 1.807) is 0 Å². The zero-order chi connectivity index (χ0) is 33.4. The average Bonchev–Trinajstić information content (AvgIpc) is 3.40. The van der Waals surface area contributed by atoms with Crippen molar-refractivity contribution in [2.24, 2.45) is 0 Å². The van der Waals surface area contributed by atoms with Gasteiger partial charge in [0, 0.05) is 22.5 Å². The van der Waals surface area contributed by atoms with Gasteiger partial charge in [0.05, 0.1) is 0 Å². The highest BCUT2D eigenvalue weighted by Crippen LogP contribution is 2.51. The second kappa shape index (κ2) is 10.9. The fourth-order valence-electron chi connectivity index (χ4n) is 8.42. The molecule has 0 amide bonds. The number of nitrogens with zero attached hydrogens (tertiary/aromatic N) is 1. The molecule has 50 heavy (non-hydrogen) atoms. The van der Waals surface area contributed by atoms with Crippen LogP contribution in [0.1, 0.15) is 25.0 Å². The lowest BCUT2D eigenvalue weighted by molar-refractivity contribution is 0.660. The van der Waals surface area contributed by atoms with Gasteiger partial charge < -0.3 is 4.90 Å². The van der Waals surface area contributed by atoms with E-state index in [9.17, 15) is 0 Å². The zero-order valence-electron chi connectivity index (χ0n) is 28.2. The Morgan fingerprint density at radius 3 is 1.76 bits per heavy atom. The van der Waals surface area contributed by atoms with E-state index in [1.165, 1.54) is 76.5 Å². The van der Waals surface area contributed by atoms with Crippen molar-refractivity contribution in [3.8, 4) is 22.3 Å². The lowest BCUT2D eigenvalue weighted by Gasteiger charge is -2.28. The van der Waals surface area contributed by atoms with Crippen LogP contribution < -0.4 is 4.90 Å². The first-order chi connectivity index (χ1) is 24.5. The van der Waals surface area contributed by atoms with Gasteiger partial charge in [0.25, 0.3) is 0 Å². The molecule has 0 unspecified atom stereocenters. The summed E-state index contributed by atoms with van der Waals surface area (Å²) in [6.45, 7) is 4.69. The molecule has 1 aliphatic rings. The van der Waals surface area contributed by atoms with Gasteiger partial charge in [0.2, 0.25) is 0 Å². The predicted octanol–water partition coefficient (Wildman–Crippen LogP) is 13.7. The highest BCUT2D eigenvalue weighted by atomic mass is 15.1. The van der Waals surface area contributed by atoms with Crippen LogP contribution in [-0.4, -0.2) is 0 Å². The molecule has 1 aliphatic carbocycles. The third-order valence-corrected chi connectivity index (χ3v) is 11.0. The van der Waals surface area contributed by atoms with Gasteiger partial charge in [-0.05, 0) is 119 Å². The Morgan fingerprint density at radius 2 is 0.920 bits per heavy atom. The Morgan fingerprint density at radius 1 is 0.360 bits per heavy atom. The standard InChI is InChI=1S/C49H35N/c1-49(2)46-14-8-7-13-43(46)45-31-41(27-28-47(45)49)50(39-24-21-33(22-25-39)38-20-15-32-9-3-4-11-37(32)29-38)40-26-23-35-17-19-36-18-16-34-10-5-6-12-42(34)48(36)44(35)30-40/h3-31H,1-2H3. The van der Waals surface area contributed by atoms with Crippen LogP contribution in [0.5, 0.6) is 0 Å². The van der Waals surface area contributed by atoms with E-state index in [1.807, 2.05) is 0 Å². The van der Waals surface area contributed by atoms with Crippen molar-refractivity contribution in [3.05, 3.63) is 187 Å². The van der Waals surface area contributed by atoms with Crippen molar-refractivity contribution >= 4 is 60.2 Å². The third kappa shape index (κ3) is 4.40. The summed E-state index contributed by atoms with van der Waals surface area (Å²) in [4.78, 5) is 2.43. The fraction of sp³-hybridized carbons (Fsp3) is 0.0612. The molecule has 0 saturated heterocycles. The first-order valence-electron chi connectivity index (χ1n) is 17.5. The Labute approximate surface area is 292 Å². The molecule has 0 atom stereocenters. The molecule has 0 fully saturated rings. The maximum Gasteiger partial charge on any atom is 0.0468 e. The molecular formula is C49H35N. The van der Waals surface area contributed by atoms with Crippen LogP contribution in [0.2, 0.25) is 0 Å². The van der Waals surface area contributed by atoms with Crippen LogP contribution >= 0.6 is 0 Å². The van der Waals surface area contributed by atoms with Crippen LogP contribution in [0.4, 0.5) is 17.1 Å². The molecule has 0 bridgehead atoms. The maximum atomic E-state index is 2.43. The summed E-state index contributed by atoms with van der Waals surface area (Å²) in [5.41, 5.74) is 11.2. The molecule has 0 N–H and O–H groups in total. The van der Waals surface area contributed by atoms with Crippen molar-refractivity contribution in [3.63, 3.8) is 0 Å². The molecule has 0 aliphatic heterocycles. The predicted molar refractivity (Wildman–Crippen MR) is 214 cm³/mol. The van der Waals surface area contributed by atoms with Crippen LogP contribution in [-0.2, 0) is 5.41 Å². The van der Waals surface area contributed by atoms with E-state index in [0.29, 0.717) is 0 Å². The molecule has 9 aromatic carbocycles. The Bertz CT molecular complexity index is 2780. The summed E-state index contributed by atoms with van der Waals surface area (Å²) in [6.07, 6.45) is 0. The lowest BCUT2D eigenvalue weighted by atomic mass is 9.82. The highest BCUT2D eigenvalue weighted by Gasteiger charge is 2.35. The van der Waals surface area contributed by atoms with E-state index in [4.69, 9.17) is 0 Å². The monoisotopic (exact) mass is 637 g/mol. The summed E-state index contributed by atoms with van der Waals surface area (Å²) in [7, 11) is 0. The SMILES string of the molecule is CC1(C)c2ccccc2-c2cc(N(c3ccc(-c4ccc5ccccc5c4)cc3)c3ccc4ccc5ccc6ccccc6c5c4c3)ccc21. The van der Waals surface area contributed by atoms with Gasteiger partial charge in [0.15, 0.2) is 0 Å². The smallest absolute Gasteiger partial charge is 0.0468 e. The normalized spacial score (nSPS) is 13.2. The summed E-state index contributed by atoms with van der Waals surface area (Å²) in [5, 5.41) is 10.1. The second-order valence-electron chi connectivity index (χ2n) is 14.2. The van der Waals surface area contributed by atoms with Crippen molar-refractivity contribution in [2.45, 2.75) is 19.3 Å². The van der Waals surface area contributed by atoms with E-state index < -0.39 is 0 Å². The van der Waals surface area contributed by atoms with Crippen LogP contribution in [0, 0.1) is 0 Å². The summed E-state index contributed by atoms with van der Waals surface area (Å²) in [5.74, 6) is 0. The summed E-state index contributed by atoms with van der Waals surface area (Å²) in [6, 6.07) is 65.1. The summed E-state index contributed by atoms with van der Waals surface area (Å²) < 4.78 is 0. The number of hydrogen-bond donors (Lipinski definition) is 0. The molecule has 0 saturated carbocycles. The van der Waals surface area contributed by atoms with Gasteiger partial charge in [-0.25, -0.2) is 0 Å². The molecule has 9 aromatic rings. The van der Waals surface area contributed by atoms with Crippen molar-refractivity contribution < 1.29 is 0 Å². The Balaban J connectivity index is 1.18. The first kappa shape index (κ1) is 28.8. The molecule has 10 rings (SSSR count). The van der Waals surface area contributed by atoms with Gasteiger partial charge in [-0.2, -0.15) is 0 Å². The minimum atomic E-state index is -0.0420. The van der Waals surface area contributed by atoms with Crippen molar-refractivity contribution in [2.75, 3.05) is 4.90 Å².